The molecule has 1 unspecified atom stereocenters. The molecule has 0 spiro atoms. The van der Waals surface area contributed by atoms with Crippen LogP contribution in [0.3, 0.4) is 0 Å². The molecule has 2 aromatic rings. The van der Waals surface area contributed by atoms with E-state index in [0.717, 1.165) is 5.52 Å². The fourth-order valence-corrected chi connectivity index (χ4v) is 1.92. The first-order valence-corrected chi connectivity index (χ1v) is 5.04. The van der Waals surface area contributed by atoms with E-state index in [1.165, 1.54) is 18.4 Å². The predicted molar refractivity (Wildman–Crippen MR) is 54.8 cm³/mol. The van der Waals surface area contributed by atoms with Gasteiger partial charge in [-0.05, 0) is 30.9 Å². The Hall–Kier alpha value is -1.35. The lowest BCUT2D eigenvalue weighted by Crippen LogP contribution is -2.11. The number of aromatic nitrogens is 2. The minimum absolute atomic E-state index is 0.176. The zero-order valence-electron chi connectivity index (χ0n) is 7.93. The van der Waals surface area contributed by atoms with Gasteiger partial charge in [-0.15, -0.1) is 0 Å². The average Bonchev–Trinajstić information content (AvgIpc) is 2.97. The molecule has 1 aliphatic carbocycles. The number of fused-ring (bicyclic) bond motifs is 1. The highest BCUT2D eigenvalue weighted by Gasteiger charge is 2.31. The Labute approximate surface area is 82.5 Å². The van der Waals surface area contributed by atoms with Crippen LogP contribution in [0.5, 0.6) is 0 Å². The molecule has 1 fully saturated rings. The van der Waals surface area contributed by atoms with Crippen LogP contribution in [0.15, 0.2) is 30.6 Å². The highest BCUT2D eigenvalue weighted by atomic mass is 15.2. The van der Waals surface area contributed by atoms with E-state index in [4.69, 9.17) is 5.73 Å². The Balaban J connectivity index is 2.11. The molecule has 3 heteroatoms. The minimum Gasteiger partial charge on any atom is -0.324 e. The number of nitrogens with two attached hydrogens (primary N) is 1. The van der Waals surface area contributed by atoms with E-state index in [2.05, 4.69) is 11.2 Å². The van der Waals surface area contributed by atoms with Gasteiger partial charge in [-0.1, -0.05) is 6.07 Å². The van der Waals surface area contributed by atoms with Crippen LogP contribution in [0.1, 0.15) is 24.4 Å². The second-order valence-electron chi connectivity index (χ2n) is 3.99. The lowest BCUT2D eigenvalue weighted by Gasteiger charge is -2.07. The van der Waals surface area contributed by atoms with Gasteiger partial charge >= 0.3 is 0 Å². The molecule has 0 aromatic carbocycles. The van der Waals surface area contributed by atoms with Crippen LogP contribution in [0.2, 0.25) is 0 Å². The second kappa shape index (κ2) is 2.82. The van der Waals surface area contributed by atoms with Crippen molar-refractivity contribution >= 4 is 5.52 Å². The molecule has 2 aromatic heterocycles. The summed E-state index contributed by atoms with van der Waals surface area (Å²) in [5.41, 5.74) is 8.49. The Bertz CT molecular complexity index is 456. The SMILES string of the molecule is NC(c1cnn2ccccc12)C1CC1. The van der Waals surface area contributed by atoms with E-state index >= 15 is 0 Å². The average molecular weight is 187 g/mol. The summed E-state index contributed by atoms with van der Waals surface area (Å²) in [5, 5.41) is 4.29. The van der Waals surface area contributed by atoms with E-state index < -0.39 is 0 Å². The van der Waals surface area contributed by atoms with Crippen LogP contribution in [-0.4, -0.2) is 9.61 Å². The third-order valence-electron chi connectivity index (χ3n) is 2.95. The molecular formula is C11H13N3. The Morgan fingerprint density at radius 3 is 3.07 bits per heavy atom. The first-order chi connectivity index (χ1) is 6.86. The highest BCUT2D eigenvalue weighted by Crippen LogP contribution is 2.40. The van der Waals surface area contributed by atoms with Crippen LogP contribution >= 0.6 is 0 Å². The Morgan fingerprint density at radius 1 is 1.43 bits per heavy atom. The van der Waals surface area contributed by atoms with Crippen LogP contribution in [-0.2, 0) is 0 Å². The van der Waals surface area contributed by atoms with Crippen molar-refractivity contribution in [3.63, 3.8) is 0 Å². The Morgan fingerprint density at radius 2 is 2.29 bits per heavy atom. The molecule has 3 rings (SSSR count). The maximum absolute atomic E-state index is 6.16. The Kier molecular flexibility index (Phi) is 1.61. The molecule has 14 heavy (non-hydrogen) atoms. The molecule has 0 radical (unpaired) electrons. The monoisotopic (exact) mass is 187 g/mol. The molecule has 0 bridgehead atoms. The number of hydrogen-bond acceptors (Lipinski definition) is 2. The van der Waals surface area contributed by atoms with Crippen molar-refractivity contribution in [2.24, 2.45) is 11.7 Å². The summed E-state index contributed by atoms with van der Waals surface area (Å²) < 4.78 is 1.89. The summed E-state index contributed by atoms with van der Waals surface area (Å²) >= 11 is 0. The molecule has 0 amide bonds. The first-order valence-electron chi connectivity index (χ1n) is 5.04. The molecular weight excluding hydrogens is 174 g/mol. The summed E-state index contributed by atoms with van der Waals surface area (Å²) in [4.78, 5) is 0. The van der Waals surface area contributed by atoms with Gasteiger partial charge in [-0.25, -0.2) is 4.52 Å². The van der Waals surface area contributed by atoms with E-state index in [0.29, 0.717) is 5.92 Å². The van der Waals surface area contributed by atoms with Crippen LogP contribution in [0, 0.1) is 5.92 Å². The van der Waals surface area contributed by atoms with Crippen molar-refractivity contribution in [1.29, 1.82) is 0 Å². The quantitative estimate of drug-likeness (QED) is 0.778. The molecule has 2 heterocycles. The number of hydrogen-bond donors (Lipinski definition) is 1. The molecule has 1 aliphatic rings. The van der Waals surface area contributed by atoms with Crippen molar-refractivity contribution in [3.05, 3.63) is 36.2 Å². The summed E-state index contributed by atoms with van der Waals surface area (Å²) in [6, 6.07) is 6.26. The predicted octanol–water partition coefficient (Wildman–Crippen LogP) is 1.74. The highest BCUT2D eigenvalue weighted by molar-refractivity contribution is 5.55. The van der Waals surface area contributed by atoms with E-state index in [-0.39, 0.29) is 6.04 Å². The largest absolute Gasteiger partial charge is 0.324 e. The standard InChI is InChI=1S/C11H13N3/c12-11(8-4-5-8)9-7-13-14-6-2-1-3-10(9)14/h1-3,6-8,11H,4-5,12H2. The third-order valence-corrected chi connectivity index (χ3v) is 2.95. The van der Waals surface area contributed by atoms with E-state index in [1.807, 2.05) is 29.0 Å². The zero-order valence-corrected chi connectivity index (χ0v) is 7.93. The van der Waals surface area contributed by atoms with Gasteiger partial charge in [0.05, 0.1) is 11.7 Å². The molecule has 0 aliphatic heterocycles. The number of nitrogens with zero attached hydrogens (tertiary/aromatic N) is 2. The van der Waals surface area contributed by atoms with Crippen LogP contribution in [0.4, 0.5) is 0 Å². The third kappa shape index (κ3) is 1.13. The summed E-state index contributed by atoms with van der Waals surface area (Å²) in [6.07, 6.45) is 6.40. The summed E-state index contributed by atoms with van der Waals surface area (Å²) in [6.45, 7) is 0. The van der Waals surface area contributed by atoms with Gasteiger partial charge in [0, 0.05) is 17.8 Å². The van der Waals surface area contributed by atoms with E-state index in [1.54, 1.807) is 0 Å². The number of rotatable bonds is 2. The van der Waals surface area contributed by atoms with Gasteiger partial charge in [-0.2, -0.15) is 5.10 Å². The van der Waals surface area contributed by atoms with E-state index in [9.17, 15) is 0 Å². The second-order valence-corrected chi connectivity index (χ2v) is 3.99. The van der Waals surface area contributed by atoms with Gasteiger partial charge in [0.2, 0.25) is 0 Å². The van der Waals surface area contributed by atoms with Gasteiger partial charge < -0.3 is 5.73 Å². The van der Waals surface area contributed by atoms with Gasteiger partial charge in [-0.3, -0.25) is 0 Å². The minimum atomic E-state index is 0.176. The summed E-state index contributed by atoms with van der Waals surface area (Å²) in [5.74, 6) is 0.684. The van der Waals surface area contributed by atoms with Crippen molar-refractivity contribution < 1.29 is 0 Å². The van der Waals surface area contributed by atoms with Gasteiger partial charge in [0.1, 0.15) is 0 Å². The van der Waals surface area contributed by atoms with Crippen LogP contribution < -0.4 is 5.73 Å². The first kappa shape index (κ1) is 8.00. The van der Waals surface area contributed by atoms with Gasteiger partial charge in [0.15, 0.2) is 0 Å². The van der Waals surface area contributed by atoms with Gasteiger partial charge in [0.25, 0.3) is 0 Å². The number of pyridine rings is 1. The molecule has 1 atom stereocenters. The van der Waals surface area contributed by atoms with Crippen molar-refractivity contribution in [3.8, 4) is 0 Å². The van der Waals surface area contributed by atoms with Crippen molar-refractivity contribution in [2.45, 2.75) is 18.9 Å². The maximum Gasteiger partial charge on any atom is 0.0709 e. The zero-order chi connectivity index (χ0) is 9.54. The fourth-order valence-electron chi connectivity index (χ4n) is 1.92. The maximum atomic E-state index is 6.16. The topological polar surface area (TPSA) is 43.3 Å². The molecule has 2 N–H and O–H groups in total. The lowest BCUT2D eigenvalue weighted by atomic mass is 10.1. The van der Waals surface area contributed by atoms with Crippen molar-refractivity contribution in [2.75, 3.05) is 0 Å². The summed E-state index contributed by atoms with van der Waals surface area (Å²) in [7, 11) is 0. The smallest absolute Gasteiger partial charge is 0.0709 e. The fraction of sp³-hybridized carbons (Fsp3) is 0.364. The molecule has 72 valence electrons. The molecule has 3 nitrogen and oxygen atoms in total. The molecule has 0 saturated heterocycles. The van der Waals surface area contributed by atoms with Crippen molar-refractivity contribution in [1.82, 2.24) is 9.61 Å². The lowest BCUT2D eigenvalue weighted by molar-refractivity contribution is 0.638. The molecule has 1 saturated carbocycles. The normalized spacial score (nSPS) is 18.6. The van der Waals surface area contributed by atoms with Crippen LogP contribution in [0.25, 0.3) is 5.52 Å².